The zero-order valence-electron chi connectivity index (χ0n) is 22.0. The molecule has 0 saturated heterocycles. The van der Waals surface area contributed by atoms with Gasteiger partial charge in [0.15, 0.2) is 0 Å². The first-order chi connectivity index (χ1) is 18.1. The molecule has 1 unspecified atom stereocenters. The van der Waals surface area contributed by atoms with Gasteiger partial charge >= 0.3 is 12.1 Å². The van der Waals surface area contributed by atoms with Gasteiger partial charge in [0.25, 0.3) is 5.91 Å². The molecule has 3 aromatic rings. The van der Waals surface area contributed by atoms with Crippen molar-refractivity contribution in [1.82, 2.24) is 5.32 Å². The minimum absolute atomic E-state index is 0.325. The molecule has 0 bridgehead atoms. The predicted octanol–water partition coefficient (Wildman–Crippen LogP) is 6.19. The number of benzene rings is 3. The molecule has 1 atom stereocenters. The van der Waals surface area contributed by atoms with Crippen molar-refractivity contribution >= 4 is 35.1 Å². The molecule has 4 N–H and O–H groups in total. The van der Waals surface area contributed by atoms with E-state index in [1.54, 1.807) is 88.5 Å². The molecule has 0 aliphatic carbocycles. The van der Waals surface area contributed by atoms with Crippen LogP contribution in [0.25, 0.3) is 0 Å². The average molecular weight is 519 g/mol. The normalized spacial score (nSPS) is 11.7. The van der Waals surface area contributed by atoms with Gasteiger partial charge in [-0.2, -0.15) is 0 Å². The summed E-state index contributed by atoms with van der Waals surface area (Å²) in [7, 11) is 1.60. The van der Waals surface area contributed by atoms with Gasteiger partial charge in [-0.3, -0.25) is 10.1 Å². The second-order valence-corrected chi connectivity index (χ2v) is 9.55. The molecular formula is C29H34N4O5. The number of ether oxygens (including phenoxy) is 2. The Morgan fingerprint density at radius 2 is 1.39 bits per heavy atom. The Balaban J connectivity index is 1.67. The number of amides is 4. The molecule has 3 aromatic carbocycles. The molecule has 38 heavy (non-hydrogen) atoms. The van der Waals surface area contributed by atoms with E-state index in [2.05, 4.69) is 21.3 Å². The molecule has 0 aliphatic heterocycles. The Morgan fingerprint density at radius 3 is 2.00 bits per heavy atom. The minimum Gasteiger partial charge on any atom is -0.444 e. The van der Waals surface area contributed by atoms with Crippen LogP contribution in [-0.2, 0) is 9.47 Å². The van der Waals surface area contributed by atoms with E-state index in [0.29, 0.717) is 35.7 Å². The largest absolute Gasteiger partial charge is 0.444 e. The van der Waals surface area contributed by atoms with Crippen molar-refractivity contribution in [3.63, 3.8) is 0 Å². The van der Waals surface area contributed by atoms with Gasteiger partial charge in [0.05, 0.1) is 17.4 Å². The highest BCUT2D eigenvalue weighted by Crippen LogP contribution is 2.24. The molecule has 3 rings (SSSR count). The van der Waals surface area contributed by atoms with Gasteiger partial charge < -0.3 is 25.4 Å². The highest BCUT2D eigenvalue weighted by molar-refractivity contribution is 6.06. The first-order valence-electron chi connectivity index (χ1n) is 12.3. The molecule has 0 spiro atoms. The smallest absolute Gasteiger partial charge is 0.412 e. The van der Waals surface area contributed by atoms with Crippen molar-refractivity contribution in [3.05, 3.63) is 90.0 Å². The molecule has 0 saturated carbocycles. The molecule has 0 aliphatic rings. The summed E-state index contributed by atoms with van der Waals surface area (Å²) < 4.78 is 10.5. The van der Waals surface area contributed by atoms with E-state index < -0.39 is 11.7 Å². The Bertz CT molecular complexity index is 1220. The Morgan fingerprint density at radius 1 is 0.789 bits per heavy atom. The zero-order chi connectivity index (χ0) is 27.5. The number of para-hydroxylation sites is 3. The average Bonchev–Trinajstić information content (AvgIpc) is 2.87. The fourth-order valence-corrected chi connectivity index (χ4v) is 3.58. The lowest BCUT2D eigenvalue weighted by Gasteiger charge is -2.21. The van der Waals surface area contributed by atoms with Gasteiger partial charge in [0, 0.05) is 25.0 Å². The number of urea groups is 1. The summed E-state index contributed by atoms with van der Waals surface area (Å²) in [5.41, 5.74) is 2.13. The Labute approximate surface area is 222 Å². The van der Waals surface area contributed by atoms with Crippen molar-refractivity contribution < 1.29 is 23.9 Å². The fraction of sp³-hybridized carbons (Fsp3) is 0.276. The molecule has 0 fully saturated rings. The monoisotopic (exact) mass is 518 g/mol. The summed E-state index contributed by atoms with van der Waals surface area (Å²) in [4.78, 5) is 37.7. The van der Waals surface area contributed by atoms with E-state index in [-0.39, 0.29) is 18.0 Å². The molecule has 9 nitrogen and oxygen atoms in total. The second kappa shape index (κ2) is 13.3. The quantitative estimate of drug-likeness (QED) is 0.270. The lowest BCUT2D eigenvalue weighted by atomic mass is 10.0. The van der Waals surface area contributed by atoms with Gasteiger partial charge in [0.1, 0.15) is 5.60 Å². The van der Waals surface area contributed by atoms with Crippen molar-refractivity contribution in [1.29, 1.82) is 0 Å². The Kier molecular flexibility index (Phi) is 9.84. The van der Waals surface area contributed by atoms with Crippen LogP contribution in [-0.4, -0.2) is 37.3 Å². The molecule has 200 valence electrons. The third-order valence-electron chi connectivity index (χ3n) is 5.33. The maximum absolute atomic E-state index is 13.0. The van der Waals surface area contributed by atoms with Crippen LogP contribution in [0.2, 0.25) is 0 Å². The zero-order valence-corrected chi connectivity index (χ0v) is 22.0. The topological polar surface area (TPSA) is 118 Å². The molecule has 0 heterocycles. The summed E-state index contributed by atoms with van der Waals surface area (Å²) in [6.07, 6.45) is -0.0667. The van der Waals surface area contributed by atoms with Crippen LogP contribution in [0.15, 0.2) is 78.9 Å². The van der Waals surface area contributed by atoms with Crippen LogP contribution < -0.4 is 21.3 Å². The summed E-state index contributed by atoms with van der Waals surface area (Å²) in [6.45, 7) is 5.76. The van der Waals surface area contributed by atoms with Gasteiger partial charge in [-0.15, -0.1) is 0 Å². The lowest BCUT2D eigenvalue weighted by Crippen LogP contribution is -2.33. The lowest BCUT2D eigenvalue weighted by molar-refractivity contribution is 0.0635. The Hall–Kier alpha value is -4.37. The number of nitrogens with one attached hydrogen (secondary N) is 4. The van der Waals surface area contributed by atoms with Crippen LogP contribution in [0.5, 0.6) is 0 Å². The first-order valence-corrected chi connectivity index (χ1v) is 12.3. The number of carbonyl (C=O) groups is 3. The van der Waals surface area contributed by atoms with Crippen molar-refractivity contribution in [2.45, 2.75) is 38.8 Å². The van der Waals surface area contributed by atoms with Crippen molar-refractivity contribution in [2.75, 3.05) is 29.7 Å². The minimum atomic E-state index is -0.651. The van der Waals surface area contributed by atoms with Crippen molar-refractivity contribution in [3.8, 4) is 0 Å². The standard InChI is InChI=1S/C29H34N4O5/c1-29(2,3)38-28(36)33-25-13-9-8-12-24(25)31-26(34)21-16-14-20(15-17-21)23(18-19-37-4)32-27(35)30-22-10-6-5-7-11-22/h5-17,23H,18-19H2,1-4H3,(H,31,34)(H,33,36)(H2,30,32,35). The van der Waals surface area contributed by atoms with Crippen molar-refractivity contribution in [2.24, 2.45) is 0 Å². The third-order valence-corrected chi connectivity index (χ3v) is 5.33. The van der Waals surface area contributed by atoms with Crippen LogP contribution in [0.1, 0.15) is 49.2 Å². The first kappa shape index (κ1) is 28.2. The molecule has 0 radical (unpaired) electrons. The van der Waals surface area contributed by atoms with Crippen LogP contribution in [0.4, 0.5) is 26.7 Å². The summed E-state index contributed by atoms with van der Waals surface area (Å²) >= 11 is 0. The van der Waals surface area contributed by atoms with E-state index in [1.165, 1.54) is 0 Å². The van der Waals surface area contributed by atoms with E-state index >= 15 is 0 Å². The summed E-state index contributed by atoms with van der Waals surface area (Å²) in [6, 6.07) is 22.3. The van der Waals surface area contributed by atoms with Gasteiger partial charge in [-0.25, -0.2) is 9.59 Å². The summed E-state index contributed by atoms with van der Waals surface area (Å²) in [5, 5.41) is 11.3. The van der Waals surface area contributed by atoms with E-state index in [4.69, 9.17) is 9.47 Å². The fourth-order valence-electron chi connectivity index (χ4n) is 3.58. The number of carbonyl (C=O) groups excluding carboxylic acids is 3. The number of rotatable bonds is 9. The maximum Gasteiger partial charge on any atom is 0.412 e. The molecular weight excluding hydrogens is 484 g/mol. The number of hydrogen-bond acceptors (Lipinski definition) is 5. The second-order valence-electron chi connectivity index (χ2n) is 9.55. The number of methoxy groups -OCH3 is 1. The predicted molar refractivity (Wildman–Crippen MR) is 149 cm³/mol. The van der Waals surface area contributed by atoms with Gasteiger partial charge in [-0.05, 0) is 69.2 Å². The SMILES string of the molecule is COCCC(NC(=O)Nc1ccccc1)c1ccc(C(=O)Nc2ccccc2NC(=O)OC(C)(C)C)cc1. The molecule has 4 amide bonds. The van der Waals surface area contributed by atoms with E-state index in [1.807, 2.05) is 18.2 Å². The van der Waals surface area contributed by atoms with Crippen LogP contribution >= 0.6 is 0 Å². The van der Waals surface area contributed by atoms with Gasteiger partial charge in [-0.1, -0.05) is 42.5 Å². The number of hydrogen-bond donors (Lipinski definition) is 4. The van der Waals surface area contributed by atoms with E-state index in [0.717, 1.165) is 5.56 Å². The van der Waals surface area contributed by atoms with Crippen LogP contribution in [0, 0.1) is 0 Å². The number of anilines is 3. The highest BCUT2D eigenvalue weighted by atomic mass is 16.6. The van der Waals surface area contributed by atoms with Gasteiger partial charge in [0.2, 0.25) is 0 Å². The summed E-state index contributed by atoms with van der Waals surface area (Å²) in [5.74, 6) is -0.349. The highest BCUT2D eigenvalue weighted by Gasteiger charge is 2.19. The molecule has 9 heteroatoms. The van der Waals surface area contributed by atoms with E-state index in [9.17, 15) is 14.4 Å². The third kappa shape index (κ3) is 8.94. The molecule has 0 aromatic heterocycles. The maximum atomic E-state index is 13.0. The van der Waals surface area contributed by atoms with Crippen LogP contribution in [0.3, 0.4) is 0 Å².